The molecule has 0 unspecified atom stereocenters. The first-order valence-corrected chi connectivity index (χ1v) is 4.02. The first kappa shape index (κ1) is 13.3. The SMILES string of the molecule is C=CCCCCCCC.[H-].[Na+]. The van der Waals surface area contributed by atoms with E-state index < -0.39 is 0 Å². The largest absolute Gasteiger partial charge is 1.00 e. The summed E-state index contributed by atoms with van der Waals surface area (Å²) >= 11 is 0. The van der Waals surface area contributed by atoms with Crippen molar-refractivity contribution in [1.82, 2.24) is 0 Å². The van der Waals surface area contributed by atoms with E-state index in [0.29, 0.717) is 0 Å². The Morgan fingerprint density at radius 3 is 2.30 bits per heavy atom. The van der Waals surface area contributed by atoms with Crippen molar-refractivity contribution in [1.29, 1.82) is 0 Å². The van der Waals surface area contributed by atoms with Crippen LogP contribution in [0.2, 0.25) is 0 Å². The van der Waals surface area contributed by atoms with E-state index in [1.807, 2.05) is 6.08 Å². The average molecular weight is 150 g/mol. The number of unbranched alkanes of at least 4 members (excludes halogenated alkanes) is 5. The second kappa shape index (κ2) is 12.4. The summed E-state index contributed by atoms with van der Waals surface area (Å²) < 4.78 is 0. The molecular weight excluding hydrogens is 131 g/mol. The standard InChI is InChI=1S/C9H18.Na.H/c1-3-5-7-9-8-6-4-2;;/h3H,1,4-9H2,2H3;;/q;+1;-1. The van der Waals surface area contributed by atoms with Gasteiger partial charge in [0.2, 0.25) is 0 Å². The molecule has 10 heavy (non-hydrogen) atoms. The van der Waals surface area contributed by atoms with Crippen LogP contribution < -0.4 is 29.6 Å². The maximum atomic E-state index is 3.68. The van der Waals surface area contributed by atoms with E-state index in [2.05, 4.69) is 13.5 Å². The topological polar surface area (TPSA) is 0 Å². The number of allylic oxidation sites excluding steroid dienone is 1. The predicted molar refractivity (Wildman–Crippen MR) is 44.7 cm³/mol. The third-order valence-corrected chi connectivity index (χ3v) is 1.51. The van der Waals surface area contributed by atoms with Crippen molar-refractivity contribution < 1.29 is 31.0 Å². The van der Waals surface area contributed by atoms with Gasteiger partial charge in [0.05, 0.1) is 0 Å². The van der Waals surface area contributed by atoms with E-state index in [0.717, 1.165) is 0 Å². The molecule has 0 bridgehead atoms. The van der Waals surface area contributed by atoms with Gasteiger partial charge in [0.25, 0.3) is 0 Å². The average Bonchev–Trinajstić information content (AvgIpc) is 1.89. The molecule has 0 aliphatic rings. The van der Waals surface area contributed by atoms with E-state index in [-0.39, 0.29) is 31.0 Å². The maximum absolute atomic E-state index is 3.68. The smallest absolute Gasteiger partial charge is 1.00 e. The molecule has 0 N–H and O–H groups in total. The molecule has 0 heterocycles. The summed E-state index contributed by atoms with van der Waals surface area (Å²) in [5.74, 6) is 0. The summed E-state index contributed by atoms with van der Waals surface area (Å²) in [4.78, 5) is 0. The maximum Gasteiger partial charge on any atom is 1.00 e. The molecule has 56 valence electrons. The zero-order valence-electron chi connectivity index (χ0n) is 8.53. The summed E-state index contributed by atoms with van der Waals surface area (Å²) in [6.45, 7) is 5.92. The van der Waals surface area contributed by atoms with Gasteiger partial charge in [-0.05, 0) is 12.8 Å². The first-order chi connectivity index (χ1) is 4.41. The molecule has 0 aliphatic heterocycles. The molecule has 0 atom stereocenters. The molecule has 0 spiro atoms. The second-order valence-electron chi connectivity index (χ2n) is 2.49. The van der Waals surface area contributed by atoms with Gasteiger partial charge >= 0.3 is 29.6 Å². The molecule has 0 amide bonds. The summed E-state index contributed by atoms with van der Waals surface area (Å²) in [7, 11) is 0. The molecule has 0 radical (unpaired) electrons. The summed E-state index contributed by atoms with van der Waals surface area (Å²) in [6, 6.07) is 0. The van der Waals surface area contributed by atoms with E-state index >= 15 is 0 Å². The molecule has 0 aromatic carbocycles. The predicted octanol–water partition coefficient (Wildman–Crippen LogP) is 0.649. The normalized spacial score (nSPS) is 8.50. The van der Waals surface area contributed by atoms with Crippen molar-refractivity contribution in [3.8, 4) is 0 Å². The van der Waals surface area contributed by atoms with Crippen molar-refractivity contribution in [2.24, 2.45) is 0 Å². The van der Waals surface area contributed by atoms with Crippen molar-refractivity contribution in [3.63, 3.8) is 0 Å². The Balaban J connectivity index is -0.000000320. The third-order valence-electron chi connectivity index (χ3n) is 1.51. The number of hydrogen-bond donors (Lipinski definition) is 0. The Labute approximate surface area is 88.9 Å². The van der Waals surface area contributed by atoms with E-state index in [4.69, 9.17) is 0 Å². The van der Waals surface area contributed by atoms with Gasteiger partial charge in [-0.1, -0.05) is 38.7 Å². The van der Waals surface area contributed by atoms with E-state index in [1.54, 1.807) is 0 Å². The Bertz CT molecular complexity index is 64.6. The zero-order chi connectivity index (χ0) is 6.95. The van der Waals surface area contributed by atoms with Gasteiger partial charge in [-0.2, -0.15) is 0 Å². The number of rotatable bonds is 6. The third kappa shape index (κ3) is 11.5. The van der Waals surface area contributed by atoms with Crippen molar-refractivity contribution >= 4 is 0 Å². The van der Waals surface area contributed by atoms with Crippen LogP contribution in [0, 0.1) is 0 Å². The number of hydrogen-bond acceptors (Lipinski definition) is 0. The van der Waals surface area contributed by atoms with Gasteiger partial charge in [-0.3, -0.25) is 0 Å². The summed E-state index contributed by atoms with van der Waals surface area (Å²) in [5, 5.41) is 0. The van der Waals surface area contributed by atoms with Crippen molar-refractivity contribution in [2.45, 2.75) is 45.4 Å². The van der Waals surface area contributed by atoms with Gasteiger partial charge in [-0.25, -0.2) is 0 Å². The van der Waals surface area contributed by atoms with Gasteiger partial charge in [0.1, 0.15) is 0 Å². The molecule has 0 saturated carbocycles. The van der Waals surface area contributed by atoms with Crippen LogP contribution in [0.4, 0.5) is 0 Å². The van der Waals surface area contributed by atoms with Crippen LogP contribution >= 0.6 is 0 Å². The van der Waals surface area contributed by atoms with Crippen LogP contribution in [0.1, 0.15) is 46.9 Å². The first-order valence-electron chi connectivity index (χ1n) is 4.02. The van der Waals surface area contributed by atoms with Crippen LogP contribution in [0.5, 0.6) is 0 Å². The molecule has 0 rings (SSSR count). The molecular formula is C9H19Na. The van der Waals surface area contributed by atoms with E-state index in [1.165, 1.54) is 38.5 Å². The fourth-order valence-corrected chi connectivity index (χ4v) is 0.892. The van der Waals surface area contributed by atoms with Crippen LogP contribution in [-0.2, 0) is 0 Å². The Morgan fingerprint density at radius 2 is 1.80 bits per heavy atom. The van der Waals surface area contributed by atoms with Crippen LogP contribution in [0.15, 0.2) is 12.7 Å². The van der Waals surface area contributed by atoms with Crippen LogP contribution in [0.25, 0.3) is 0 Å². The summed E-state index contributed by atoms with van der Waals surface area (Å²) in [5.41, 5.74) is 0. The molecule has 0 fully saturated rings. The van der Waals surface area contributed by atoms with Crippen LogP contribution in [0.3, 0.4) is 0 Å². The molecule has 0 saturated heterocycles. The molecule has 0 aliphatic carbocycles. The Hall–Kier alpha value is 0.740. The van der Waals surface area contributed by atoms with Crippen LogP contribution in [-0.4, -0.2) is 0 Å². The summed E-state index contributed by atoms with van der Waals surface area (Å²) in [6.07, 6.45) is 10.1. The minimum Gasteiger partial charge on any atom is -1.00 e. The molecule has 0 aromatic heterocycles. The molecule has 0 nitrogen and oxygen atoms in total. The minimum absolute atomic E-state index is 0. The Morgan fingerprint density at radius 1 is 1.20 bits per heavy atom. The quantitative estimate of drug-likeness (QED) is 0.296. The second-order valence-corrected chi connectivity index (χ2v) is 2.49. The zero-order valence-corrected chi connectivity index (χ0v) is 9.53. The Kier molecular flexibility index (Phi) is 16.6. The van der Waals surface area contributed by atoms with Gasteiger partial charge in [-0.15, -0.1) is 6.58 Å². The fourth-order valence-electron chi connectivity index (χ4n) is 0.892. The van der Waals surface area contributed by atoms with Crippen molar-refractivity contribution in [2.75, 3.05) is 0 Å². The van der Waals surface area contributed by atoms with Gasteiger partial charge < -0.3 is 1.43 Å². The van der Waals surface area contributed by atoms with Gasteiger partial charge in [0, 0.05) is 0 Å². The van der Waals surface area contributed by atoms with Crippen molar-refractivity contribution in [3.05, 3.63) is 12.7 Å². The fraction of sp³-hybridized carbons (Fsp3) is 0.778. The molecule has 0 aromatic rings. The van der Waals surface area contributed by atoms with Gasteiger partial charge in [0.15, 0.2) is 0 Å². The monoisotopic (exact) mass is 150 g/mol. The molecule has 1 heteroatoms. The van der Waals surface area contributed by atoms with E-state index in [9.17, 15) is 0 Å². The minimum atomic E-state index is 0.